The first-order valence-corrected chi connectivity index (χ1v) is 20.3. The lowest BCUT2D eigenvalue weighted by Gasteiger charge is -2.42. The van der Waals surface area contributed by atoms with Gasteiger partial charge in [0.1, 0.15) is 28.7 Å². The van der Waals surface area contributed by atoms with Gasteiger partial charge in [-0.3, -0.25) is 0 Å². The second-order valence-electron chi connectivity index (χ2n) is 15.4. The zero-order chi connectivity index (χ0) is 37.0. The molecule has 0 unspecified atom stereocenters. The van der Waals surface area contributed by atoms with Crippen LogP contribution in [0.1, 0.15) is 97.4 Å². The van der Waals surface area contributed by atoms with Gasteiger partial charge in [-0.15, -0.1) is 0 Å². The molecule has 2 fully saturated rings. The van der Waals surface area contributed by atoms with Crippen LogP contribution in [0.2, 0.25) is 18.1 Å². The molecule has 0 radical (unpaired) electrons. The molecular formula is C37H53F3N6O3Si. The van der Waals surface area contributed by atoms with Crippen LogP contribution in [-0.2, 0) is 15.1 Å². The molecule has 2 saturated heterocycles. The fraction of sp³-hybridized carbons (Fsp3) is 0.622. The third-order valence-corrected chi connectivity index (χ3v) is 15.3. The Morgan fingerprint density at radius 3 is 2.26 bits per heavy atom. The number of ether oxygens (including phenoxy) is 1. The van der Waals surface area contributed by atoms with E-state index < -0.39 is 42.9 Å². The number of aryl methyl sites for hydroxylation is 2. The lowest BCUT2D eigenvalue weighted by atomic mass is 9.91. The SMILES string of the molecule is CC[Si](CC)(CC)OC(C)(C)C(F)(F)c1cccc([C@@H](C)Nc2nc(C)nc3nc(C)c(N4C[C@@H]5C[C@H]4CN5C(=O)OC(C)(C)C)cc23)c1F. The molecule has 13 heteroatoms. The molecule has 2 aromatic heterocycles. The maximum Gasteiger partial charge on any atom is 0.410 e. The van der Waals surface area contributed by atoms with Crippen molar-refractivity contribution < 1.29 is 27.1 Å². The molecule has 1 amide bonds. The standard InChI is InChI=1S/C37H53F3N6O3Si/c1-12-50(13-2,14-3)49-36(10,11)37(39,40)29-17-15-16-27(31(29)38)22(4)41-32-28-19-30(23(5)42-33(28)44-24(6)43-32)45-20-26-18-25(45)21-46(26)34(47)48-35(7,8)9/h15-17,19,22,25-26H,12-14,18,20-21H2,1-11H3,(H,41,42,43,44)/t22-,25+,26+/m1/s1. The van der Waals surface area contributed by atoms with Gasteiger partial charge in [-0.2, -0.15) is 8.78 Å². The molecule has 2 aliphatic heterocycles. The smallest absolute Gasteiger partial charge is 0.410 e. The van der Waals surface area contributed by atoms with Gasteiger partial charge in [0.25, 0.3) is 0 Å². The lowest BCUT2D eigenvalue weighted by molar-refractivity contribution is -0.161. The van der Waals surface area contributed by atoms with Gasteiger partial charge in [0.05, 0.1) is 34.4 Å². The minimum Gasteiger partial charge on any atom is -0.444 e. The average molecular weight is 715 g/mol. The fourth-order valence-electron chi connectivity index (χ4n) is 7.45. The third kappa shape index (κ3) is 7.04. The Kier molecular flexibility index (Phi) is 10.3. The highest BCUT2D eigenvalue weighted by molar-refractivity contribution is 6.73. The third-order valence-electron chi connectivity index (χ3n) is 10.5. The summed E-state index contributed by atoms with van der Waals surface area (Å²) in [5.74, 6) is -3.67. The van der Waals surface area contributed by atoms with Crippen molar-refractivity contribution in [3.63, 3.8) is 0 Å². The Hall–Kier alpha value is -3.45. The van der Waals surface area contributed by atoms with Crippen LogP contribution in [0.4, 0.5) is 29.5 Å². The van der Waals surface area contributed by atoms with Crippen molar-refractivity contribution in [3.05, 3.63) is 52.7 Å². The largest absolute Gasteiger partial charge is 0.444 e. The van der Waals surface area contributed by atoms with E-state index in [1.54, 1.807) is 13.8 Å². The van der Waals surface area contributed by atoms with Gasteiger partial charge < -0.3 is 24.3 Å². The number of piperazine rings is 1. The number of fused-ring (bicyclic) bond motifs is 3. The Bertz CT molecular complexity index is 1740. The Balaban J connectivity index is 1.43. The average Bonchev–Trinajstić information content (AvgIpc) is 3.64. The summed E-state index contributed by atoms with van der Waals surface area (Å²) in [4.78, 5) is 31.0. The van der Waals surface area contributed by atoms with E-state index in [-0.39, 0.29) is 23.7 Å². The number of likely N-dealkylation sites (tertiary alicyclic amines) is 1. The van der Waals surface area contributed by atoms with Gasteiger partial charge in [0.15, 0.2) is 14.0 Å². The molecule has 3 atom stereocenters. The molecule has 3 aromatic rings. The molecule has 5 rings (SSSR count). The Labute approximate surface area is 295 Å². The van der Waals surface area contributed by atoms with Gasteiger partial charge in [0, 0.05) is 24.7 Å². The molecule has 50 heavy (non-hydrogen) atoms. The zero-order valence-electron chi connectivity index (χ0n) is 31.4. The normalized spacial score (nSPS) is 19.0. The quantitative estimate of drug-likeness (QED) is 0.197. The number of rotatable bonds is 11. The van der Waals surface area contributed by atoms with E-state index in [1.165, 1.54) is 26.0 Å². The minimum atomic E-state index is -3.59. The number of amides is 1. The van der Waals surface area contributed by atoms with Crippen LogP contribution in [0.3, 0.4) is 0 Å². The second-order valence-corrected chi connectivity index (χ2v) is 20.1. The highest BCUT2D eigenvalue weighted by Gasteiger charge is 2.54. The first-order valence-electron chi connectivity index (χ1n) is 17.8. The molecule has 1 N–H and O–H groups in total. The van der Waals surface area contributed by atoms with Crippen molar-refractivity contribution in [2.45, 2.75) is 136 Å². The molecule has 9 nitrogen and oxygen atoms in total. The first kappa shape index (κ1) is 37.8. The summed E-state index contributed by atoms with van der Waals surface area (Å²) in [5, 5.41) is 3.92. The number of carbonyl (C=O) groups excluding carboxylic acids is 1. The monoisotopic (exact) mass is 714 g/mol. The molecule has 1 aromatic carbocycles. The van der Waals surface area contributed by atoms with Gasteiger partial charge in [-0.1, -0.05) is 32.9 Å². The van der Waals surface area contributed by atoms with Crippen LogP contribution < -0.4 is 10.2 Å². The molecule has 0 aliphatic carbocycles. The van der Waals surface area contributed by atoms with Crippen LogP contribution in [-0.4, -0.2) is 70.6 Å². The van der Waals surface area contributed by atoms with Crippen LogP contribution >= 0.6 is 0 Å². The molecule has 274 valence electrons. The number of halogens is 3. The number of aromatic nitrogens is 3. The number of hydrogen-bond donors (Lipinski definition) is 1. The molecule has 2 bridgehead atoms. The first-order chi connectivity index (χ1) is 23.3. The zero-order valence-corrected chi connectivity index (χ0v) is 32.4. The summed E-state index contributed by atoms with van der Waals surface area (Å²) in [5.41, 5.74) is -0.909. The number of nitrogens with one attached hydrogen (secondary N) is 1. The second kappa shape index (κ2) is 13.6. The van der Waals surface area contributed by atoms with Crippen LogP contribution in [0, 0.1) is 19.7 Å². The number of alkyl halides is 2. The Morgan fingerprint density at radius 1 is 1.02 bits per heavy atom. The number of benzene rings is 1. The maximum atomic E-state index is 16.3. The summed E-state index contributed by atoms with van der Waals surface area (Å²) < 4.78 is 60.7. The maximum absolute atomic E-state index is 16.3. The van der Waals surface area contributed by atoms with Crippen molar-refractivity contribution >= 4 is 36.9 Å². The summed E-state index contributed by atoms with van der Waals surface area (Å²) in [6.07, 6.45) is 0.523. The van der Waals surface area contributed by atoms with E-state index in [4.69, 9.17) is 14.1 Å². The van der Waals surface area contributed by atoms with Gasteiger partial charge in [-0.25, -0.2) is 24.1 Å². The highest BCUT2D eigenvalue weighted by Crippen LogP contribution is 2.46. The predicted molar refractivity (Wildman–Crippen MR) is 194 cm³/mol. The van der Waals surface area contributed by atoms with Gasteiger partial charge in [-0.05, 0) is 92.1 Å². The summed E-state index contributed by atoms with van der Waals surface area (Å²) >= 11 is 0. The number of nitrogens with zero attached hydrogens (tertiary/aromatic N) is 5. The van der Waals surface area contributed by atoms with Gasteiger partial charge in [0.2, 0.25) is 0 Å². The molecule has 2 aliphatic rings. The van der Waals surface area contributed by atoms with Crippen LogP contribution in [0.15, 0.2) is 24.3 Å². The molecule has 4 heterocycles. The Morgan fingerprint density at radius 2 is 1.68 bits per heavy atom. The number of hydrogen-bond acceptors (Lipinski definition) is 8. The van der Waals surface area contributed by atoms with E-state index in [1.807, 2.05) is 59.4 Å². The van der Waals surface area contributed by atoms with Crippen molar-refractivity contribution in [2.75, 3.05) is 23.3 Å². The summed E-state index contributed by atoms with van der Waals surface area (Å²) in [6, 6.07) is 7.62. The minimum absolute atomic E-state index is 0.0188. The van der Waals surface area contributed by atoms with Gasteiger partial charge >= 0.3 is 12.0 Å². The van der Waals surface area contributed by atoms with E-state index in [0.29, 0.717) is 53.9 Å². The van der Waals surface area contributed by atoms with Crippen molar-refractivity contribution in [3.8, 4) is 0 Å². The van der Waals surface area contributed by atoms with Crippen molar-refractivity contribution in [1.29, 1.82) is 0 Å². The van der Waals surface area contributed by atoms with Crippen molar-refractivity contribution in [2.24, 2.45) is 0 Å². The topological polar surface area (TPSA) is 92.7 Å². The summed E-state index contributed by atoms with van der Waals surface area (Å²) in [7, 11) is -2.43. The predicted octanol–water partition coefficient (Wildman–Crippen LogP) is 9.04. The van der Waals surface area contributed by atoms with Crippen molar-refractivity contribution in [1.82, 2.24) is 19.9 Å². The van der Waals surface area contributed by atoms with E-state index in [0.717, 1.165) is 23.9 Å². The van der Waals surface area contributed by atoms with Crippen LogP contribution in [0.25, 0.3) is 11.0 Å². The highest BCUT2D eigenvalue weighted by atomic mass is 28.4. The van der Waals surface area contributed by atoms with Crippen LogP contribution in [0.5, 0.6) is 0 Å². The number of pyridine rings is 1. The number of carbonyl (C=O) groups is 1. The summed E-state index contributed by atoms with van der Waals surface area (Å²) in [6.45, 7) is 20.9. The number of anilines is 2. The van der Waals surface area contributed by atoms with E-state index >= 15 is 13.2 Å². The van der Waals surface area contributed by atoms with E-state index in [9.17, 15) is 4.79 Å². The lowest BCUT2D eigenvalue weighted by Crippen LogP contribution is -2.52. The molecule has 0 spiro atoms. The fourth-order valence-corrected chi connectivity index (χ4v) is 10.6. The molecular weight excluding hydrogens is 662 g/mol. The van der Waals surface area contributed by atoms with E-state index in [2.05, 4.69) is 20.2 Å². The molecule has 0 saturated carbocycles.